The monoisotopic (exact) mass is 261 g/mol. The normalized spacial score (nSPS) is 12.8. The molecule has 0 saturated heterocycles. The number of aliphatic hydroxyl groups is 1. The molecule has 0 spiro atoms. The third-order valence-electron chi connectivity index (χ3n) is 2.62. The van der Waals surface area contributed by atoms with E-state index in [1.54, 1.807) is 6.07 Å². The van der Waals surface area contributed by atoms with E-state index in [4.69, 9.17) is 5.11 Å². The van der Waals surface area contributed by atoms with Gasteiger partial charge in [-0.25, -0.2) is 0 Å². The Morgan fingerprint density at radius 3 is 2.44 bits per heavy atom. The second kappa shape index (κ2) is 5.71. The maximum Gasteiger partial charge on any atom is 0.416 e. The number of benzene rings is 1. The summed E-state index contributed by atoms with van der Waals surface area (Å²) in [5.74, 6) is 0. The van der Waals surface area contributed by atoms with Crippen LogP contribution in [0.4, 0.5) is 13.2 Å². The minimum absolute atomic E-state index is 0.0303. The molecule has 0 aliphatic heterocycles. The van der Waals surface area contributed by atoms with Crippen LogP contribution in [0.1, 0.15) is 25.0 Å². The summed E-state index contributed by atoms with van der Waals surface area (Å²) >= 11 is 0. The van der Waals surface area contributed by atoms with Gasteiger partial charge in [0.1, 0.15) is 0 Å². The Kier molecular flexibility index (Phi) is 4.76. The number of rotatable bonds is 5. The molecule has 1 aromatic carbocycles. The standard InChI is InChI=1S/C13H18F3NO/c1-12(2,9-18)8-17-7-10-4-3-5-11(6-10)13(14,15)16/h3-6,17-18H,7-9H2,1-2H3. The Labute approximate surface area is 105 Å². The van der Waals surface area contributed by atoms with Crippen molar-refractivity contribution in [3.63, 3.8) is 0 Å². The van der Waals surface area contributed by atoms with E-state index in [9.17, 15) is 13.2 Å². The second-order valence-electron chi connectivity index (χ2n) is 5.12. The van der Waals surface area contributed by atoms with Crippen LogP contribution >= 0.6 is 0 Å². The second-order valence-corrected chi connectivity index (χ2v) is 5.12. The summed E-state index contributed by atoms with van der Waals surface area (Å²) in [5, 5.41) is 12.1. The molecule has 102 valence electrons. The van der Waals surface area contributed by atoms with Gasteiger partial charge >= 0.3 is 6.18 Å². The molecule has 0 aliphatic carbocycles. The van der Waals surface area contributed by atoms with Crippen LogP contribution in [0.15, 0.2) is 24.3 Å². The van der Waals surface area contributed by atoms with Crippen LogP contribution < -0.4 is 5.32 Å². The molecule has 0 amide bonds. The van der Waals surface area contributed by atoms with Gasteiger partial charge < -0.3 is 10.4 Å². The maximum absolute atomic E-state index is 12.5. The van der Waals surface area contributed by atoms with E-state index in [2.05, 4.69) is 5.32 Å². The summed E-state index contributed by atoms with van der Waals surface area (Å²) in [4.78, 5) is 0. The first-order valence-corrected chi connectivity index (χ1v) is 5.72. The molecule has 0 aliphatic rings. The topological polar surface area (TPSA) is 32.3 Å². The lowest BCUT2D eigenvalue weighted by Gasteiger charge is -2.22. The highest BCUT2D eigenvalue weighted by Crippen LogP contribution is 2.29. The Bertz CT molecular complexity index is 388. The highest BCUT2D eigenvalue weighted by molar-refractivity contribution is 5.25. The zero-order valence-electron chi connectivity index (χ0n) is 10.5. The summed E-state index contributed by atoms with van der Waals surface area (Å²) in [5.41, 5.74) is -0.330. The van der Waals surface area contributed by atoms with Crippen molar-refractivity contribution in [3.05, 3.63) is 35.4 Å². The fraction of sp³-hybridized carbons (Fsp3) is 0.538. The summed E-state index contributed by atoms with van der Waals surface area (Å²) in [6.45, 7) is 4.69. The molecule has 0 radical (unpaired) electrons. The molecular weight excluding hydrogens is 243 g/mol. The lowest BCUT2D eigenvalue weighted by atomic mass is 9.95. The lowest BCUT2D eigenvalue weighted by Crippen LogP contribution is -2.31. The Morgan fingerprint density at radius 1 is 1.22 bits per heavy atom. The number of alkyl halides is 3. The molecule has 0 saturated carbocycles. The van der Waals surface area contributed by atoms with Crippen LogP contribution in [0.25, 0.3) is 0 Å². The molecule has 1 rings (SSSR count). The summed E-state index contributed by atoms with van der Waals surface area (Å²) in [6, 6.07) is 5.24. The molecule has 1 aromatic rings. The number of nitrogens with one attached hydrogen (secondary N) is 1. The van der Waals surface area contributed by atoms with Crippen LogP contribution in [0, 0.1) is 5.41 Å². The zero-order valence-corrected chi connectivity index (χ0v) is 10.5. The molecule has 0 bridgehead atoms. The average molecular weight is 261 g/mol. The smallest absolute Gasteiger partial charge is 0.396 e. The van der Waals surface area contributed by atoms with E-state index < -0.39 is 11.7 Å². The highest BCUT2D eigenvalue weighted by Gasteiger charge is 2.30. The van der Waals surface area contributed by atoms with Crippen LogP contribution in [0.5, 0.6) is 0 Å². The molecule has 5 heteroatoms. The van der Waals surface area contributed by atoms with E-state index >= 15 is 0 Å². The van der Waals surface area contributed by atoms with Crippen LogP contribution in [0.3, 0.4) is 0 Å². The van der Waals surface area contributed by atoms with Crippen molar-refractivity contribution in [1.29, 1.82) is 0 Å². The van der Waals surface area contributed by atoms with Gasteiger partial charge in [-0.3, -0.25) is 0 Å². The van der Waals surface area contributed by atoms with Gasteiger partial charge in [0.15, 0.2) is 0 Å². The Hall–Kier alpha value is -1.07. The third-order valence-corrected chi connectivity index (χ3v) is 2.62. The predicted octanol–water partition coefficient (Wildman–Crippen LogP) is 2.81. The molecule has 0 heterocycles. The van der Waals surface area contributed by atoms with Gasteiger partial charge in [-0.2, -0.15) is 13.2 Å². The van der Waals surface area contributed by atoms with Crippen molar-refractivity contribution in [2.45, 2.75) is 26.6 Å². The molecule has 2 N–H and O–H groups in total. The number of aliphatic hydroxyl groups excluding tert-OH is 1. The van der Waals surface area contributed by atoms with E-state index in [0.29, 0.717) is 18.7 Å². The van der Waals surface area contributed by atoms with Gasteiger partial charge in [-0.15, -0.1) is 0 Å². The largest absolute Gasteiger partial charge is 0.416 e. The van der Waals surface area contributed by atoms with Gasteiger partial charge in [0.2, 0.25) is 0 Å². The van der Waals surface area contributed by atoms with Crippen molar-refractivity contribution in [2.75, 3.05) is 13.2 Å². The zero-order chi connectivity index (χ0) is 13.8. The average Bonchev–Trinajstić information content (AvgIpc) is 2.28. The van der Waals surface area contributed by atoms with Crippen molar-refractivity contribution in [2.24, 2.45) is 5.41 Å². The number of hydrogen-bond acceptors (Lipinski definition) is 2. The first kappa shape index (κ1) is 15.0. The first-order chi connectivity index (χ1) is 8.24. The van der Waals surface area contributed by atoms with Crippen molar-refractivity contribution in [3.8, 4) is 0 Å². The molecule has 0 aromatic heterocycles. The predicted molar refractivity (Wildman–Crippen MR) is 64.0 cm³/mol. The Morgan fingerprint density at radius 2 is 1.89 bits per heavy atom. The highest BCUT2D eigenvalue weighted by atomic mass is 19.4. The van der Waals surface area contributed by atoms with E-state index in [1.807, 2.05) is 13.8 Å². The van der Waals surface area contributed by atoms with Crippen molar-refractivity contribution < 1.29 is 18.3 Å². The van der Waals surface area contributed by atoms with Crippen LogP contribution in [-0.4, -0.2) is 18.3 Å². The fourth-order valence-corrected chi connectivity index (χ4v) is 1.46. The number of hydrogen-bond donors (Lipinski definition) is 2. The molecule has 0 fully saturated rings. The van der Waals surface area contributed by atoms with E-state index in [1.165, 1.54) is 6.07 Å². The van der Waals surface area contributed by atoms with Gasteiger partial charge in [0.25, 0.3) is 0 Å². The van der Waals surface area contributed by atoms with Gasteiger partial charge in [0.05, 0.1) is 5.56 Å². The van der Waals surface area contributed by atoms with Crippen LogP contribution in [0.2, 0.25) is 0 Å². The molecule has 18 heavy (non-hydrogen) atoms. The molecule has 0 atom stereocenters. The van der Waals surface area contributed by atoms with E-state index in [0.717, 1.165) is 12.1 Å². The maximum atomic E-state index is 12.5. The molecular formula is C13H18F3NO. The quantitative estimate of drug-likeness (QED) is 0.854. The lowest BCUT2D eigenvalue weighted by molar-refractivity contribution is -0.137. The molecule has 2 nitrogen and oxygen atoms in total. The van der Waals surface area contributed by atoms with Crippen LogP contribution in [-0.2, 0) is 12.7 Å². The minimum atomic E-state index is -4.31. The van der Waals surface area contributed by atoms with Crippen molar-refractivity contribution >= 4 is 0 Å². The van der Waals surface area contributed by atoms with Gasteiger partial charge in [-0.1, -0.05) is 32.0 Å². The van der Waals surface area contributed by atoms with Gasteiger partial charge in [0, 0.05) is 25.1 Å². The first-order valence-electron chi connectivity index (χ1n) is 5.72. The summed E-state index contributed by atoms with van der Waals surface area (Å²) in [6.07, 6.45) is -4.31. The van der Waals surface area contributed by atoms with Gasteiger partial charge in [-0.05, 0) is 11.6 Å². The fourth-order valence-electron chi connectivity index (χ4n) is 1.46. The minimum Gasteiger partial charge on any atom is -0.396 e. The summed E-state index contributed by atoms with van der Waals surface area (Å²) < 4.78 is 37.4. The summed E-state index contributed by atoms with van der Waals surface area (Å²) in [7, 11) is 0. The number of halogens is 3. The SMILES string of the molecule is CC(C)(CO)CNCc1cccc(C(F)(F)F)c1. The third kappa shape index (κ3) is 4.66. The Balaban J connectivity index is 2.59. The van der Waals surface area contributed by atoms with Crippen molar-refractivity contribution in [1.82, 2.24) is 5.32 Å². The van der Waals surface area contributed by atoms with E-state index in [-0.39, 0.29) is 12.0 Å². The molecule has 0 unspecified atom stereocenters.